The van der Waals surface area contributed by atoms with E-state index in [1.54, 1.807) is 30.3 Å². The zero-order valence-electron chi connectivity index (χ0n) is 7.61. The maximum atomic E-state index is 11.0. The first-order chi connectivity index (χ1) is 7.12. The third-order valence-electron chi connectivity index (χ3n) is 2.34. The monoisotopic (exact) mass is 222 g/mol. The summed E-state index contributed by atoms with van der Waals surface area (Å²) in [6.07, 6.45) is -0.645. The van der Waals surface area contributed by atoms with Gasteiger partial charge >= 0.3 is 0 Å². The van der Waals surface area contributed by atoms with Crippen molar-refractivity contribution in [1.82, 2.24) is 0 Å². The summed E-state index contributed by atoms with van der Waals surface area (Å²) in [5.41, 5.74) is 4.17. The highest BCUT2D eigenvalue weighted by molar-refractivity contribution is 6.31. The van der Waals surface area contributed by atoms with Crippen molar-refractivity contribution in [2.45, 2.75) is 11.7 Å². The van der Waals surface area contributed by atoms with Crippen LogP contribution < -0.4 is 5.73 Å². The molecule has 2 atom stereocenters. The van der Waals surface area contributed by atoms with E-state index >= 15 is 0 Å². The van der Waals surface area contributed by atoms with Gasteiger partial charge in [-0.1, -0.05) is 29.8 Å². The average molecular weight is 223 g/mol. The van der Waals surface area contributed by atoms with Crippen molar-refractivity contribution in [3.63, 3.8) is 0 Å². The molecular formula is C10H7ClN2O2. The number of carbonyl (C=O) groups is 1. The predicted octanol–water partition coefficient (Wildman–Crippen LogP) is 1.16. The summed E-state index contributed by atoms with van der Waals surface area (Å²) in [6.45, 7) is 0. The lowest BCUT2D eigenvalue weighted by Crippen LogP contribution is -2.31. The van der Waals surface area contributed by atoms with Gasteiger partial charge in [-0.15, -0.1) is 0 Å². The van der Waals surface area contributed by atoms with Crippen LogP contribution in [0.5, 0.6) is 0 Å². The molecule has 4 nitrogen and oxygen atoms in total. The Labute approximate surface area is 91.2 Å². The fraction of sp³-hybridized carbons (Fsp3) is 0.200. The number of primary amides is 1. The molecule has 1 fully saturated rings. The van der Waals surface area contributed by atoms with Crippen molar-refractivity contribution in [2.75, 3.05) is 0 Å². The second kappa shape index (κ2) is 3.23. The van der Waals surface area contributed by atoms with Crippen molar-refractivity contribution < 1.29 is 9.53 Å². The van der Waals surface area contributed by atoms with Crippen LogP contribution in [0.15, 0.2) is 24.3 Å². The molecule has 1 aromatic rings. The Hall–Kier alpha value is -1.57. The molecule has 0 unspecified atom stereocenters. The lowest BCUT2D eigenvalue weighted by molar-refractivity contribution is -0.121. The number of ether oxygens (including phenoxy) is 1. The number of nitrogens with zero attached hydrogens (tertiary/aromatic N) is 1. The summed E-state index contributed by atoms with van der Waals surface area (Å²) in [5, 5.41) is 9.29. The highest BCUT2D eigenvalue weighted by Gasteiger charge is 2.64. The number of amides is 1. The predicted molar refractivity (Wildman–Crippen MR) is 52.8 cm³/mol. The van der Waals surface area contributed by atoms with Crippen molar-refractivity contribution in [1.29, 1.82) is 5.26 Å². The Morgan fingerprint density at radius 3 is 2.73 bits per heavy atom. The summed E-state index contributed by atoms with van der Waals surface area (Å²) >= 11 is 5.91. The molecule has 0 aliphatic carbocycles. The number of epoxide rings is 1. The Bertz CT molecular complexity index is 469. The van der Waals surface area contributed by atoms with E-state index in [-0.39, 0.29) is 0 Å². The fourth-order valence-electron chi connectivity index (χ4n) is 1.45. The average Bonchev–Trinajstić information content (AvgIpc) is 2.94. The maximum absolute atomic E-state index is 11.0. The molecule has 1 amide bonds. The fourth-order valence-corrected chi connectivity index (χ4v) is 1.68. The van der Waals surface area contributed by atoms with Crippen LogP contribution in [-0.4, -0.2) is 11.5 Å². The zero-order valence-corrected chi connectivity index (χ0v) is 8.36. The molecule has 0 spiro atoms. The van der Waals surface area contributed by atoms with E-state index in [0.29, 0.717) is 10.6 Å². The minimum Gasteiger partial charge on any atom is -0.366 e. The molecule has 2 rings (SSSR count). The van der Waals surface area contributed by atoms with Crippen LogP contribution in [0, 0.1) is 11.3 Å². The van der Waals surface area contributed by atoms with Gasteiger partial charge in [0.25, 0.3) is 11.5 Å². The molecule has 15 heavy (non-hydrogen) atoms. The van der Waals surface area contributed by atoms with Crippen LogP contribution in [0.4, 0.5) is 0 Å². The Morgan fingerprint density at radius 1 is 1.60 bits per heavy atom. The van der Waals surface area contributed by atoms with Gasteiger partial charge in [0.2, 0.25) is 0 Å². The number of nitriles is 1. The quantitative estimate of drug-likeness (QED) is 0.763. The molecular weight excluding hydrogens is 216 g/mol. The van der Waals surface area contributed by atoms with Crippen LogP contribution in [0.2, 0.25) is 5.02 Å². The van der Waals surface area contributed by atoms with Crippen LogP contribution in [0.1, 0.15) is 11.7 Å². The molecule has 1 saturated heterocycles. The maximum Gasteiger partial charge on any atom is 0.267 e. The summed E-state index contributed by atoms with van der Waals surface area (Å²) in [4.78, 5) is 11.0. The van der Waals surface area contributed by atoms with Gasteiger partial charge in [0.1, 0.15) is 12.2 Å². The van der Waals surface area contributed by atoms with E-state index in [1.165, 1.54) is 0 Å². The van der Waals surface area contributed by atoms with Crippen LogP contribution in [0.3, 0.4) is 0 Å². The summed E-state index contributed by atoms with van der Waals surface area (Å²) in [7, 11) is 0. The van der Waals surface area contributed by atoms with Crippen LogP contribution in [-0.2, 0) is 9.53 Å². The number of halogens is 1. The van der Waals surface area contributed by atoms with E-state index in [9.17, 15) is 4.79 Å². The normalized spacial score (nSPS) is 28.1. The van der Waals surface area contributed by atoms with Gasteiger partial charge in [-0.3, -0.25) is 4.79 Å². The van der Waals surface area contributed by atoms with Gasteiger partial charge in [-0.25, -0.2) is 0 Å². The third kappa shape index (κ3) is 1.37. The second-order valence-corrected chi connectivity index (χ2v) is 3.64. The minimum atomic E-state index is -1.54. The number of hydrogen-bond donors (Lipinski definition) is 1. The first kappa shape index (κ1) is 9.97. The number of carbonyl (C=O) groups excluding carboxylic acids is 1. The molecule has 5 heteroatoms. The number of rotatable bonds is 2. The van der Waals surface area contributed by atoms with Gasteiger partial charge in [0.15, 0.2) is 0 Å². The first-order valence-corrected chi connectivity index (χ1v) is 4.63. The topological polar surface area (TPSA) is 79.4 Å². The number of hydrogen-bond acceptors (Lipinski definition) is 3. The Balaban J connectivity index is 2.36. The number of benzene rings is 1. The molecule has 1 aromatic carbocycles. The lowest BCUT2D eigenvalue weighted by Gasteiger charge is -2.00. The SMILES string of the molecule is N#C[C@@]1(C(N)=O)O[C@@H]1c1ccccc1Cl. The summed E-state index contributed by atoms with van der Waals surface area (Å²) in [5.74, 6) is -0.782. The molecule has 1 heterocycles. The number of nitrogens with two attached hydrogens (primary N) is 1. The smallest absolute Gasteiger partial charge is 0.267 e. The largest absolute Gasteiger partial charge is 0.366 e. The molecule has 1 aliphatic rings. The molecule has 0 radical (unpaired) electrons. The van der Waals surface area contributed by atoms with Crippen molar-refractivity contribution in [3.8, 4) is 6.07 Å². The van der Waals surface area contributed by atoms with Crippen molar-refractivity contribution >= 4 is 17.5 Å². The van der Waals surface area contributed by atoms with Gasteiger partial charge in [0, 0.05) is 10.6 Å². The minimum absolute atomic E-state index is 0.459. The van der Waals surface area contributed by atoms with E-state index in [1.807, 2.05) is 0 Å². The standard InChI is InChI=1S/C10H7ClN2O2/c11-7-4-2-1-3-6(7)8-10(5-12,15-8)9(13)14/h1-4,8H,(H2,13,14)/t8-,10-/m1/s1. The van der Waals surface area contributed by atoms with Crippen molar-refractivity contribution in [3.05, 3.63) is 34.9 Å². The Kier molecular flexibility index (Phi) is 2.14. The van der Waals surface area contributed by atoms with Crippen LogP contribution in [0.25, 0.3) is 0 Å². The molecule has 76 valence electrons. The van der Waals surface area contributed by atoms with E-state index < -0.39 is 17.6 Å². The van der Waals surface area contributed by atoms with E-state index in [4.69, 9.17) is 27.3 Å². The summed E-state index contributed by atoms with van der Waals surface area (Å²) in [6, 6.07) is 8.66. The van der Waals surface area contributed by atoms with Crippen LogP contribution >= 0.6 is 11.6 Å². The van der Waals surface area contributed by atoms with Crippen molar-refractivity contribution in [2.24, 2.45) is 5.73 Å². The van der Waals surface area contributed by atoms with Gasteiger partial charge in [0.05, 0.1) is 0 Å². The zero-order chi connectivity index (χ0) is 11.1. The van der Waals surface area contributed by atoms with Gasteiger partial charge in [-0.05, 0) is 6.07 Å². The second-order valence-electron chi connectivity index (χ2n) is 3.23. The van der Waals surface area contributed by atoms with E-state index in [0.717, 1.165) is 0 Å². The Morgan fingerprint density at radius 2 is 2.27 bits per heavy atom. The van der Waals surface area contributed by atoms with Gasteiger partial charge in [-0.2, -0.15) is 5.26 Å². The molecule has 0 bridgehead atoms. The van der Waals surface area contributed by atoms with E-state index in [2.05, 4.69) is 0 Å². The third-order valence-corrected chi connectivity index (χ3v) is 2.68. The van der Waals surface area contributed by atoms with Gasteiger partial charge < -0.3 is 10.5 Å². The lowest BCUT2D eigenvalue weighted by atomic mass is 10.0. The molecule has 2 N–H and O–H groups in total. The first-order valence-electron chi connectivity index (χ1n) is 4.25. The molecule has 0 aromatic heterocycles. The highest BCUT2D eigenvalue weighted by Crippen LogP contribution is 2.50. The molecule has 1 aliphatic heterocycles. The summed E-state index contributed by atoms with van der Waals surface area (Å²) < 4.78 is 5.06. The highest BCUT2D eigenvalue weighted by atomic mass is 35.5. The molecule has 0 saturated carbocycles.